The predicted octanol–water partition coefficient (Wildman–Crippen LogP) is 18.4. The van der Waals surface area contributed by atoms with Gasteiger partial charge in [0.25, 0.3) is 0 Å². The summed E-state index contributed by atoms with van der Waals surface area (Å²) in [4.78, 5) is 31.1. The van der Waals surface area contributed by atoms with Crippen molar-refractivity contribution in [1.82, 2.24) is 0 Å². The molecule has 1 radical (unpaired) electrons. The molecule has 3 atom stereocenters. The van der Waals surface area contributed by atoms with Gasteiger partial charge in [-0.2, -0.15) is 0 Å². The van der Waals surface area contributed by atoms with E-state index in [2.05, 4.69) is 57.2 Å². The Kier molecular flexibility index (Phi) is 75.8. The van der Waals surface area contributed by atoms with Crippen molar-refractivity contribution in [3.05, 3.63) is 36.5 Å². The van der Waals surface area contributed by atoms with E-state index in [1.807, 2.05) is 0 Å². The van der Waals surface area contributed by atoms with Crippen LogP contribution < -0.4 is 14.7 Å². The van der Waals surface area contributed by atoms with Crippen molar-refractivity contribution in [2.75, 3.05) is 18.5 Å². The summed E-state index contributed by atoms with van der Waals surface area (Å²) in [5.74, 6) is 0. The Morgan fingerprint density at radius 1 is 0.250 bits per heavy atom. The molecule has 0 fully saturated rings. The zero-order valence-corrected chi connectivity index (χ0v) is 48.5. The number of unbranched alkanes of at least 4 members (excludes halogenated alkanes) is 36. The zero-order valence-electron chi connectivity index (χ0n) is 42.6. The fraction of sp³-hybridized carbons (Fsp3) is 0.889. The Labute approximate surface area is 435 Å². The molecule has 0 aliphatic rings. The summed E-state index contributed by atoms with van der Waals surface area (Å²) < 4.78 is 31.1. The van der Waals surface area contributed by atoms with Gasteiger partial charge in [0, 0.05) is 0 Å². The van der Waals surface area contributed by atoms with E-state index in [9.17, 15) is 28.4 Å². The molecule has 0 N–H and O–H groups in total. The molecule has 0 spiro atoms. The topological polar surface area (TPSA) is 120 Å². The molecule has 6 nitrogen and oxygen atoms in total. The summed E-state index contributed by atoms with van der Waals surface area (Å²) in [6.45, 7) is 6.79. The van der Waals surface area contributed by atoms with Gasteiger partial charge in [0.15, 0.2) is 0 Å². The average Bonchev–Trinajstić information content (AvgIpc) is 3.26. The van der Waals surface area contributed by atoms with Gasteiger partial charge < -0.3 is 14.7 Å². The van der Waals surface area contributed by atoms with Gasteiger partial charge in [-0.1, -0.05) is 225 Å². The minimum atomic E-state index is -2.15. The maximum Gasteiger partial charge on any atom is 3.00 e. The fourth-order valence-corrected chi connectivity index (χ4v) is 8.91. The standard InChI is InChI=1S/3C18H35O2P.Nd/c3*1-2-3-4-5-6-7-8-9-10-11-12-13-14-15-16-17-18-21(19)20;/h3*9-10H,2-8,11-18H2,1H3;/q;;;+3/b3*10-9-;. The molecule has 3 unspecified atom stereocenters. The van der Waals surface area contributed by atoms with Crippen molar-refractivity contribution in [2.45, 2.75) is 290 Å². The second-order valence-corrected chi connectivity index (χ2v) is 21.3. The largest absolute Gasteiger partial charge is 3.00 e. The van der Waals surface area contributed by atoms with Crippen molar-refractivity contribution < 1.29 is 69.2 Å². The predicted molar refractivity (Wildman–Crippen MR) is 276 cm³/mol. The molecule has 0 heterocycles. The first-order valence-electron chi connectivity index (χ1n) is 27.1. The Hall–Kier alpha value is 0.751. The number of allylic oxidation sites excluding steroid dienone is 6. The van der Waals surface area contributed by atoms with Gasteiger partial charge in [0.2, 0.25) is 0 Å². The third-order valence-electron chi connectivity index (χ3n) is 11.6. The molecule has 10 heteroatoms. The maximum atomic E-state index is 10.4. The number of rotatable bonds is 48. The van der Waals surface area contributed by atoms with E-state index in [1.165, 1.54) is 231 Å². The second-order valence-electron chi connectivity index (χ2n) is 18.0. The zero-order chi connectivity index (χ0) is 46.8. The van der Waals surface area contributed by atoms with Crippen LogP contribution in [0.3, 0.4) is 0 Å². The van der Waals surface area contributed by atoms with E-state index in [-0.39, 0.29) is 40.8 Å². The van der Waals surface area contributed by atoms with Gasteiger partial charge in [-0.25, -0.2) is 0 Å². The van der Waals surface area contributed by atoms with Gasteiger partial charge in [-0.05, 0) is 116 Å². The molecule has 0 saturated carbocycles. The van der Waals surface area contributed by atoms with Crippen LogP contribution in [-0.2, 0) is 13.7 Å². The molecule has 0 aromatic heterocycles. The molecule has 0 saturated heterocycles. The van der Waals surface area contributed by atoms with Crippen LogP contribution in [0.1, 0.15) is 290 Å². The molecule has 64 heavy (non-hydrogen) atoms. The van der Waals surface area contributed by atoms with Crippen LogP contribution in [0, 0.1) is 40.8 Å². The molecule has 0 aromatic carbocycles. The van der Waals surface area contributed by atoms with Crippen LogP contribution in [0.5, 0.6) is 0 Å². The van der Waals surface area contributed by atoms with Crippen LogP contribution in [0.25, 0.3) is 0 Å². The minimum absolute atomic E-state index is 0. The normalized spacial score (nSPS) is 12.0. The van der Waals surface area contributed by atoms with E-state index in [4.69, 9.17) is 0 Å². The van der Waals surface area contributed by atoms with Gasteiger partial charge in [0.1, 0.15) is 18.5 Å². The van der Waals surface area contributed by atoms with E-state index in [1.54, 1.807) is 0 Å². The van der Waals surface area contributed by atoms with Crippen LogP contribution in [0.15, 0.2) is 36.5 Å². The fourth-order valence-electron chi connectivity index (χ4n) is 7.47. The summed E-state index contributed by atoms with van der Waals surface area (Å²) in [6, 6.07) is 0. The van der Waals surface area contributed by atoms with Crippen LogP contribution in [0.2, 0.25) is 0 Å². The Balaban J connectivity index is -0.000000419. The van der Waals surface area contributed by atoms with Gasteiger partial charge in [-0.3, -0.25) is 0 Å². The van der Waals surface area contributed by atoms with Crippen molar-refractivity contribution in [1.29, 1.82) is 0 Å². The molecule has 0 aromatic rings. The number of hydrogen-bond acceptors (Lipinski definition) is 6. The van der Waals surface area contributed by atoms with Crippen LogP contribution >= 0.6 is 24.1 Å². The van der Waals surface area contributed by atoms with Crippen LogP contribution in [-0.4, -0.2) is 18.5 Å². The molecule has 0 rings (SSSR count). The monoisotopic (exact) mass is 1080 g/mol. The molecule has 0 bridgehead atoms. The van der Waals surface area contributed by atoms with Crippen molar-refractivity contribution >= 4 is 24.1 Å². The van der Waals surface area contributed by atoms with E-state index < -0.39 is 24.1 Å². The smallest absolute Gasteiger partial charge is 0.596 e. The summed E-state index contributed by atoms with van der Waals surface area (Å²) in [5.41, 5.74) is 0. The molecule has 0 aliphatic heterocycles. The van der Waals surface area contributed by atoms with E-state index >= 15 is 0 Å². The first-order chi connectivity index (χ1) is 30.8. The summed E-state index contributed by atoms with van der Waals surface area (Å²) >= 11 is 0. The summed E-state index contributed by atoms with van der Waals surface area (Å²) in [6.07, 6.45) is 68.1. The van der Waals surface area contributed by atoms with Crippen LogP contribution in [0.4, 0.5) is 0 Å². The Morgan fingerprint density at radius 3 is 0.547 bits per heavy atom. The molecule has 373 valence electrons. The van der Waals surface area contributed by atoms with Crippen molar-refractivity contribution in [2.24, 2.45) is 0 Å². The van der Waals surface area contributed by atoms with Gasteiger partial charge >= 0.3 is 64.9 Å². The molecular formula is C54H105NdO6P3+3. The second kappa shape index (κ2) is 68.0. The third kappa shape index (κ3) is 79.8. The first-order valence-corrected chi connectivity index (χ1v) is 31.2. The quantitative estimate of drug-likeness (QED) is 0.0340. The SMILES string of the molecule is CCCCCCCC/C=C\CCCCCCCC[P+](=O)[O-].CCCCCCCC/C=C\CCCCCCCC[P+](=O)[O-].CCCCCCCC/C=C\CCCCCCCC[P+](=O)[O-].[Nd+3]. The van der Waals surface area contributed by atoms with Gasteiger partial charge in [0.05, 0.1) is 0 Å². The average molecular weight is 1090 g/mol. The Morgan fingerprint density at radius 2 is 0.391 bits per heavy atom. The maximum absolute atomic E-state index is 10.4. The number of hydrogen-bond donors (Lipinski definition) is 0. The first kappa shape index (κ1) is 71.3. The van der Waals surface area contributed by atoms with Crippen molar-refractivity contribution in [3.63, 3.8) is 0 Å². The molecule has 0 amide bonds. The van der Waals surface area contributed by atoms with E-state index in [0.29, 0.717) is 18.5 Å². The van der Waals surface area contributed by atoms with Gasteiger partial charge in [-0.15, -0.1) is 0 Å². The minimum Gasteiger partial charge on any atom is -0.596 e. The summed E-state index contributed by atoms with van der Waals surface area (Å²) in [7, 11) is -6.46. The van der Waals surface area contributed by atoms with E-state index in [0.717, 1.165) is 38.5 Å². The molecule has 0 aliphatic carbocycles. The molecular weight excluding hydrogens is 982 g/mol. The third-order valence-corrected chi connectivity index (χ3v) is 13.6. The Bertz CT molecular complexity index is 886. The summed E-state index contributed by atoms with van der Waals surface area (Å²) in [5, 5.41) is 0. The van der Waals surface area contributed by atoms with Crippen molar-refractivity contribution in [3.8, 4) is 0 Å².